The first-order valence-corrected chi connectivity index (χ1v) is 12.0. The summed E-state index contributed by atoms with van der Waals surface area (Å²) in [5.41, 5.74) is 0.271. The third kappa shape index (κ3) is 5.59. The van der Waals surface area contributed by atoms with Crippen molar-refractivity contribution in [2.45, 2.75) is 56.6 Å². The molecule has 3 rings (SSSR count). The SMILES string of the molecule is CC1CN(S(=O)(=O)c2cccc(C(=O)NCCNC(=O)C3CCCC3)c2)CC(C)O1. The van der Waals surface area contributed by atoms with E-state index in [0.29, 0.717) is 6.54 Å². The van der Waals surface area contributed by atoms with E-state index in [1.165, 1.54) is 16.4 Å². The molecular weight excluding hydrogens is 406 g/mol. The lowest BCUT2D eigenvalue weighted by Crippen LogP contribution is -2.48. The number of morpholine rings is 1. The predicted molar refractivity (Wildman–Crippen MR) is 113 cm³/mol. The van der Waals surface area contributed by atoms with Crippen LogP contribution in [0.5, 0.6) is 0 Å². The summed E-state index contributed by atoms with van der Waals surface area (Å²) in [5.74, 6) is -0.233. The highest BCUT2D eigenvalue weighted by Crippen LogP contribution is 2.24. The van der Waals surface area contributed by atoms with Crippen LogP contribution in [0.3, 0.4) is 0 Å². The minimum absolute atomic E-state index is 0.0452. The first kappa shape index (κ1) is 22.7. The van der Waals surface area contributed by atoms with Crippen molar-refractivity contribution in [2.24, 2.45) is 5.92 Å². The lowest BCUT2D eigenvalue weighted by atomic mass is 10.1. The summed E-state index contributed by atoms with van der Waals surface area (Å²) in [7, 11) is -3.71. The summed E-state index contributed by atoms with van der Waals surface area (Å²) < 4.78 is 33.0. The van der Waals surface area contributed by atoms with E-state index in [9.17, 15) is 18.0 Å². The van der Waals surface area contributed by atoms with E-state index in [1.54, 1.807) is 12.1 Å². The van der Waals surface area contributed by atoms with Gasteiger partial charge >= 0.3 is 0 Å². The second-order valence-corrected chi connectivity index (χ2v) is 10.1. The van der Waals surface area contributed by atoms with Crippen molar-refractivity contribution in [3.8, 4) is 0 Å². The van der Waals surface area contributed by atoms with Crippen molar-refractivity contribution in [1.29, 1.82) is 0 Å². The monoisotopic (exact) mass is 437 g/mol. The minimum Gasteiger partial charge on any atom is -0.373 e. The van der Waals surface area contributed by atoms with Crippen molar-refractivity contribution in [1.82, 2.24) is 14.9 Å². The van der Waals surface area contributed by atoms with E-state index in [-0.39, 0.29) is 60.0 Å². The summed E-state index contributed by atoms with van der Waals surface area (Å²) in [5, 5.41) is 5.59. The number of ether oxygens (including phenoxy) is 1. The Bertz CT molecular complexity index is 857. The average Bonchev–Trinajstić information content (AvgIpc) is 3.25. The third-order valence-electron chi connectivity index (χ3n) is 5.56. The molecule has 1 aliphatic heterocycles. The van der Waals surface area contributed by atoms with E-state index in [2.05, 4.69) is 10.6 Å². The maximum Gasteiger partial charge on any atom is 0.251 e. The number of rotatable bonds is 7. The molecule has 2 amide bonds. The summed E-state index contributed by atoms with van der Waals surface area (Å²) >= 11 is 0. The second-order valence-electron chi connectivity index (χ2n) is 8.14. The fraction of sp³-hybridized carbons (Fsp3) is 0.619. The quantitative estimate of drug-likeness (QED) is 0.630. The molecule has 0 bridgehead atoms. The van der Waals surface area contributed by atoms with Crippen LogP contribution in [0.15, 0.2) is 29.2 Å². The van der Waals surface area contributed by atoms with Gasteiger partial charge in [-0.1, -0.05) is 18.9 Å². The van der Waals surface area contributed by atoms with Gasteiger partial charge in [0.15, 0.2) is 0 Å². The molecule has 0 radical (unpaired) electrons. The van der Waals surface area contributed by atoms with Crippen LogP contribution in [0.4, 0.5) is 0 Å². The number of nitrogens with zero attached hydrogens (tertiary/aromatic N) is 1. The number of benzene rings is 1. The molecule has 1 saturated heterocycles. The van der Waals surface area contributed by atoms with Gasteiger partial charge in [0.25, 0.3) is 5.91 Å². The summed E-state index contributed by atoms with van der Waals surface area (Å²) in [6.07, 6.45) is 3.68. The van der Waals surface area contributed by atoms with Crippen LogP contribution < -0.4 is 10.6 Å². The van der Waals surface area contributed by atoms with E-state index in [0.717, 1.165) is 25.7 Å². The number of nitrogens with one attached hydrogen (secondary N) is 2. The summed E-state index contributed by atoms with van der Waals surface area (Å²) in [6, 6.07) is 6.04. The van der Waals surface area contributed by atoms with Crippen LogP contribution >= 0.6 is 0 Å². The highest BCUT2D eigenvalue weighted by atomic mass is 32.2. The normalized spacial score (nSPS) is 23.3. The molecule has 1 saturated carbocycles. The number of hydrogen-bond donors (Lipinski definition) is 2. The molecule has 2 N–H and O–H groups in total. The molecule has 2 unspecified atom stereocenters. The zero-order valence-electron chi connectivity index (χ0n) is 17.6. The number of carbonyl (C=O) groups is 2. The Morgan fingerprint density at radius 2 is 1.70 bits per heavy atom. The maximum absolute atomic E-state index is 13.0. The number of amides is 2. The Morgan fingerprint density at radius 1 is 1.07 bits per heavy atom. The van der Waals surface area contributed by atoms with Gasteiger partial charge in [0, 0.05) is 37.7 Å². The molecule has 0 spiro atoms. The van der Waals surface area contributed by atoms with Gasteiger partial charge in [-0.2, -0.15) is 4.31 Å². The average molecular weight is 438 g/mol. The van der Waals surface area contributed by atoms with Crippen molar-refractivity contribution in [2.75, 3.05) is 26.2 Å². The maximum atomic E-state index is 13.0. The fourth-order valence-electron chi connectivity index (χ4n) is 4.07. The molecule has 30 heavy (non-hydrogen) atoms. The zero-order chi connectivity index (χ0) is 21.7. The molecule has 1 heterocycles. The molecule has 1 aromatic rings. The van der Waals surface area contributed by atoms with Crippen LogP contribution in [0, 0.1) is 5.92 Å². The molecule has 9 heteroatoms. The van der Waals surface area contributed by atoms with Crippen LogP contribution in [-0.2, 0) is 19.6 Å². The van der Waals surface area contributed by atoms with Gasteiger partial charge in [0.05, 0.1) is 17.1 Å². The van der Waals surface area contributed by atoms with Gasteiger partial charge in [-0.25, -0.2) is 8.42 Å². The smallest absolute Gasteiger partial charge is 0.251 e. The Morgan fingerprint density at radius 3 is 2.37 bits per heavy atom. The second kappa shape index (κ2) is 9.89. The Balaban J connectivity index is 1.56. The number of sulfonamides is 1. The van der Waals surface area contributed by atoms with Crippen LogP contribution in [0.25, 0.3) is 0 Å². The van der Waals surface area contributed by atoms with Crippen LogP contribution in [-0.4, -0.2) is 62.9 Å². The summed E-state index contributed by atoms with van der Waals surface area (Å²) in [4.78, 5) is 24.5. The predicted octanol–water partition coefficient (Wildman–Crippen LogP) is 1.52. The highest BCUT2D eigenvalue weighted by molar-refractivity contribution is 7.89. The molecule has 0 aromatic heterocycles. The summed E-state index contributed by atoms with van der Waals surface area (Å²) in [6.45, 7) is 4.88. The fourth-order valence-corrected chi connectivity index (χ4v) is 5.71. The molecular formula is C21H31N3O5S. The molecule has 166 valence electrons. The number of hydrogen-bond acceptors (Lipinski definition) is 5. The van der Waals surface area contributed by atoms with Crippen molar-refractivity contribution >= 4 is 21.8 Å². The van der Waals surface area contributed by atoms with E-state index >= 15 is 0 Å². The molecule has 1 aliphatic carbocycles. The Kier molecular flexibility index (Phi) is 7.49. The van der Waals surface area contributed by atoms with Gasteiger partial charge in [-0.15, -0.1) is 0 Å². The van der Waals surface area contributed by atoms with Crippen molar-refractivity contribution in [3.63, 3.8) is 0 Å². The molecule has 2 atom stereocenters. The molecule has 2 fully saturated rings. The van der Waals surface area contributed by atoms with Gasteiger partial charge < -0.3 is 15.4 Å². The molecule has 8 nitrogen and oxygen atoms in total. The van der Waals surface area contributed by atoms with E-state index in [1.807, 2.05) is 13.8 Å². The molecule has 1 aromatic carbocycles. The van der Waals surface area contributed by atoms with E-state index in [4.69, 9.17) is 4.74 Å². The minimum atomic E-state index is -3.71. The van der Waals surface area contributed by atoms with Crippen LogP contribution in [0.2, 0.25) is 0 Å². The molecule has 2 aliphatic rings. The lowest BCUT2D eigenvalue weighted by molar-refractivity contribution is -0.124. The number of carbonyl (C=O) groups excluding carboxylic acids is 2. The largest absolute Gasteiger partial charge is 0.373 e. The Hall–Kier alpha value is -1.97. The first-order valence-electron chi connectivity index (χ1n) is 10.6. The topological polar surface area (TPSA) is 105 Å². The van der Waals surface area contributed by atoms with E-state index < -0.39 is 10.0 Å². The lowest BCUT2D eigenvalue weighted by Gasteiger charge is -2.34. The third-order valence-corrected chi connectivity index (χ3v) is 7.38. The zero-order valence-corrected chi connectivity index (χ0v) is 18.4. The van der Waals surface area contributed by atoms with Gasteiger partial charge in [0.1, 0.15) is 0 Å². The standard InChI is InChI=1S/C21H31N3O5S/c1-15-13-24(14-16(2)29-15)30(27,28)19-9-5-8-18(12-19)21(26)23-11-10-22-20(25)17-6-3-4-7-17/h5,8-9,12,15-17H,3-4,6-7,10-11,13-14H2,1-2H3,(H,22,25)(H,23,26). The van der Waals surface area contributed by atoms with Gasteiger partial charge in [-0.3, -0.25) is 9.59 Å². The van der Waals surface area contributed by atoms with Crippen LogP contribution in [0.1, 0.15) is 49.9 Å². The van der Waals surface area contributed by atoms with Crippen molar-refractivity contribution in [3.05, 3.63) is 29.8 Å². The highest BCUT2D eigenvalue weighted by Gasteiger charge is 2.32. The van der Waals surface area contributed by atoms with Gasteiger partial charge in [0.2, 0.25) is 15.9 Å². The van der Waals surface area contributed by atoms with Crippen molar-refractivity contribution < 1.29 is 22.7 Å². The van der Waals surface area contributed by atoms with Gasteiger partial charge in [-0.05, 0) is 44.9 Å². The Labute approximate surface area is 178 Å². The first-order chi connectivity index (χ1) is 14.3.